The van der Waals surface area contributed by atoms with Crippen molar-refractivity contribution >= 4 is 27.5 Å². The number of hydrogen-bond acceptors (Lipinski definition) is 4. The lowest BCUT2D eigenvalue weighted by Crippen LogP contribution is -2.47. The van der Waals surface area contributed by atoms with Crippen LogP contribution < -0.4 is 14.8 Å². The summed E-state index contributed by atoms with van der Waals surface area (Å²) in [7, 11) is -3.85. The van der Waals surface area contributed by atoms with Gasteiger partial charge < -0.3 is 10.1 Å². The van der Waals surface area contributed by atoms with E-state index < -0.39 is 16.1 Å². The first kappa shape index (κ1) is 19.7. The smallest absolute Gasteiger partial charge is 0.241 e. The summed E-state index contributed by atoms with van der Waals surface area (Å²) in [5, 5.41) is 2.93. The monoisotopic (exact) mass is 362 g/mol. The molecule has 1 aromatic carbocycles. The van der Waals surface area contributed by atoms with E-state index >= 15 is 0 Å². The molecule has 0 saturated carbocycles. The largest absolute Gasteiger partial charge is 0.492 e. The van der Waals surface area contributed by atoms with E-state index in [1.54, 1.807) is 6.92 Å². The molecule has 1 aromatic rings. The van der Waals surface area contributed by atoms with Crippen LogP contribution in [0.4, 0.5) is 0 Å². The predicted molar refractivity (Wildman–Crippen MR) is 90.3 cm³/mol. The zero-order valence-electron chi connectivity index (χ0n) is 13.7. The molecular formula is C15H23ClN2O4S. The number of benzene rings is 1. The molecule has 1 rings (SSSR count). The normalized spacial score (nSPS) is 14.1. The molecule has 0 aliphatic rings. The van der Waals surface area contributed by atoms with E-state index in [1.807, 2.05) is 13.8 Å². The van der Waals surface area contributed by atoms with Crippen LogP contribution in [0.3, 0.4) is 0 Å². The first-order chi connectivity index (χ1) is 10.7. The molecule has 0 aliphatic heterocycles. The first-order valence-corrected chi connectivity index (χ1v) is 9.32. The summed E-state index contributed by atoms with van der Waals surface area (Å²) in [6.45, 7) is 7.51. The Labute approximate surface area is 142 Å². The minimum Gasteiger partial charge on any atom is -0.492 e. The van der Waals surface area contributed by atoms with Crippen molar-refractivity contribution in [1.82, 2.24) is 10.0 Å². The molecule has 2 atom stereocenters. The van der Waals surface area contributed by atoms with Crippen LogP contribution >= 0.6 is 11.6 Å². The van der Waals surface area contributed by atoms with E-state index in [1.165, 1.54) is 25.1 Å². The molecule has 1 amide bonds. The number of carbonyl (C=O) groups excluding carboxylic acids is 1. The fourth-order valence-corrected chi connectivity index (χ4v) is 3.27. The third-order valence-corrected chi connectivity index (χ3v) is 5.07. The Bertz CT molecular complexity index is 649. The van der Waals surface area contributed by atoms with Gasteiger partial charge in [-0.3, -0.25) is 4.79 Å². The Hall–Kier alpha value is -1.31. The summed E-state index contributed by atoms with van der Waals surface area (Å²) in [4.78, 5) is 11.9. The summed E-state index contributed by atoms with van der Waals surface area (Å²) in [5.41, 5.74) is 0. The molecule has 2 N–H and O–H groups in total. The topological polar surface area (TPSA) is 84.5 Å². The van der Waals surface area contributed by atoms with Crippen molar-refractivity contribution < 1.29 is 17.9 Å². The Morgan fingerprint density at radius 1 is 1.30 bits per heavy atom. The van der Waals surface area contributed by atoms with Gasteiger partial charge in [-0.25, -0.2) is 8.42 Å². The molecule has 0 saturated heterocycles. The molecule has 6 nitrogen and oxygen atoms in total. The molecule has 0 bridgehead atoms. The molecule has 0 spiro atoms. The lowest BCUT2D eigenvalue weighted by Gasteiger charge is -2.17. The zero-order chi connectivity index (χ0) is 17.6. The Balaban J connectivity index is 2.86. The number of hydrogen-bond donors (Lipinski definition) is 2. The molecule has 0 aliphatic carbocycles. The van der Waals surface area contributed by atoms with Crippen LogP contribution in [-0.2, 0) is 14.8 Å². The van der Waals surface area contributed by atoms with Gasteiger partial charge in [0.1, 0.15) is 5.75 Å². The summed E-state index contributed by atoms with van der Waals surface area (Å²) in [5.74, 6) is 0.0376. The number of carbonyl (C=O) groups is 1. The van der Waals surface area contributed by atoms with Crippen molar-refractivity contribution in [2.45, 2.75) is 51.1 Å². The standard InChI is InChI=1S/C15H23ClN2O4S/c1-5-10(3)17-15(19)11(4)18-23(20,21)12-7-8-14(22-6-2)13(16)9-12/h7-11,18H,5-6H2,1-4H3,(H,17,19)/t10-,11-/m0/s1. The van der Waals surface area contributed by atoms with E-state index in [9.17, 15) is 13.2 Å². The van der Waals surface area contributed by atoms with Crippen LogP contribution in [0, 0.1) is 0 Å². The predicted octanol–water partition coefficient (Wildman–Crippen LogP) is 2.32. The van der Waals surface area contributed by atoms with Gasteiger partial charge in [-0.05, 0) is 45.4 Å². The molecular weight excluding hydrogens is 340 g/mol. The number of amides is 1. The van der Waals surface area contributed by atoms with Gasteiger partial charge in [0.05, 0.1) is 22.6 Å². The van der Waals surface area contributed by atoms with Gasteiger partial charge in [-0.1, -0.05) is 18.5 Å². The first-order valence-electron chi connectivity index (χ1n) is 7.46. The summed E-state index contributed by atoms with van der Waals surface area (Å²) < 4.78 is 32.3. The molecule has 0 fully saturated rings. The van der Waals surface area contributed by atoms with Gasteiger partial charge >= 0.3 is 0 Å². The van der Waals surface area contributed by atoms with Crippen molar-refractivity contribution in [2.24, 2.45) is 0 Å². The minimum atomic E-state index is -3.85. The maximum absolute atomic E-state index is 12.3. The third-order valence-electron chi connectivity index (χ3n) is 3.24. The second-order valence-electron chi connectivity index (χ2n) is 5.19. The number of halogens is 1. The Morgan fingerprint density at radius 2 is 1.96 bits per heavy atom. The fraction of sp³-hybridized carbons (Fsp3) is 0.533. The molecule has 23 heavy (non-hydrogen) atoms. The quantitative estimate of drug-likeness (QED) is 0.743. The van der Waals surface area contributed by atoms with Gasteiger partial charge in [0.25, 0.3) is 0 Å². The fourth-order valence-electron chi connectivity index (χ4n) is 1.75. The summed E-state index contributed by atoms with van der Waals surface area (Å²) >= 11 is 6.00. The van der Waals surface area contributed by atoms with E-state index in [0.717, 1.165) is 6.42 Å². The van der Waals surface area contributed by atoms with Gasteiger partial charge in [0.15, 0.2) is 0 Å². The maximum atomic E-state index is 12.3. The second-order valence-corrected chi connectivity index (χ2v) is 7.31. The van der Waals surface area contributed by atoms with Crippen LogP contribution in [0.15, 0.2) is 23.1 Å². The molecule has 0 radical (unpaired) electrons. The van der Waals surface area contributed by atoms with Crippen LogP contribution in [-0.4, -0.2) is 33.0 Å². The van der Waals surface area contributed by atoms with E-state index in [2.05, 4.69) is 10.0 Å². The van der Waals surface area contributed by atoms with E-state index in [4.69, 9.17) is 16.3 Å². The molecule has 8 heteroatoms. The molecule has 130 valence electrons. The van der Waals surface area contributed by atoms with Crippen molar-refractivity contribution in [2.75, 3.05) is 6.61 Å². The lowest BCUT2D eigenvalue weighted by atomic mass is 10.2. The van der Waals surface area contributed by atoms with Crippen LogP contribution in [0.2, 0.25) is 5.02 Å². The lowest BCUT2D eigenvalue weighted by molar-refractivity contribution is -0.122. The van der Waals surface area contributed by atoms with E-state index in [0.29, 0.717) is 12.4 Å². The van der Waals surface area contributed by atoms with Crippen molar-refractivity contribution in [3.05, 3.63) is 23.2 Å². The number of rotatable bonds is 8. The molecule has 0 heterocycles. The number of sulfonamides is 1. The van der Waals surface area contributed by atoms with Crippen LogP contribution in [0.1, 0.15) is 34.1 Å². The van der Waals surface area contributed by atoms with Crippen molar-refractivity contribution in [3.63, 3.8) is 0 Å². The average Bonchev–Trinajstić information content (AvgIpc) is 2.48. The molecule has 0 unspecified atom stereocenters. The number of nitrogens with one attached hydrogen (secondary N) is 2. The summed E-state index contributed by atoms with van der Waals surface area (Å²) in [6.07, 6.45) is 0.764. The van der Waals surface area contributed by atoms with Gasteiger partial charge in [-0.2, -0.15) is 4.72 Å². The van der Waals surface area contributed by atoms with Crippen molar-refractivity contribution in [3.8, 4) is 5.75 Å². The van der Waals surface area contributed by atoms with Gasteiger partial charge in [-0.15, -0.1) is 0 Å². The minimum absolute atomic E-state index is 0.0191. The Morgan fingerprint density at radius 3 is 2.48 bits per heavy atom. The second kappa shape index (κ2) is 8.52. The third kappa shape index (κ3) is 5.67. The number of ether oxygens (including phenoxy) is 1. The van der Waals surface area contributed by atoms with Crippen LogP contribution in [0.25, 0.3) is 0 Å². The zero-order valence-corrected chi connectivity index (χ0v) is 15.3. The molecule has 0 aromatic heterocycles. The van der Waals surface area contributed by atoms with Crippen molar-refractivity contribution in [1.29, 1.82) is 0 Å². The van der Waals surface area contributed by atoms with Crippen LogP contribution in [0.5, 0.6) is 5.75 Å². The highest BCUT2D eigenvalue weighted by Gasteiger charge is 2.23. The summed E-state index contributed by atoms with van der Waals surface area (Å²) in [6, 6.07) is 3.27. The highest BCUT2D eigenvalue weighted by Crippen LogP contribution is 2.27. The van der Waals surface area contributed by atoms with Gasteiger partial charge in [0, 0.05) is 6.04 Å². The van der Waals surface area contributed by atoms with Gasteiger partial charge in [0.2, 0.25) is 15.9 Å². The maximum Gasteiger partial charge on any atom is 0.241 e. The van der Waals surface area contributed by atoms with E-state index in [-0.39, 0.29) is 21.9 Å². The highest BCUT2D eigenvalue weighted by molar-refractivity contribution is 7.89. The highest BCUT2D eigenvalue weighted by atomic mass is 35.5. The average molecular weight is 363 g/mol. The Kier molecular flexibility index (Phi) is 7.31. The SMILES string of the molecule is CCOc1ccc(S(=O)(=O)N[C@@H](C)C(=O)N[C@@H](C)CC)cc1Cl.